The van der Waals surface area contributed by atoms with Gasteiger partial charge in [0.2, 0.25) is 5.91 Å². The molecule has 1 heterocycles. The van der Waals surface area contributed by atoms with E-state index in [9.17, 15) is 9.59 Å². The molecule has 5 nitrogen and oxygen atoms in total. The van der Waals surface area contributed by atoms with Crippen molar-refractivity contribution in [3.63, 3.8) is 0 Å². The van der Waals surface area contributed by atoms with E-state index in [4.69, 9.17) is 0 Å². The zero-order chi connectivity index (χ0) is 13.9. The van der Waals surface area contributed by atoms with Gasteiger partial charge in [-0.05, 0) is 25.0 Å². The van der Waals surface area contributed by atoms with Gasteiger partial charge in [-0.15, -0.1) is 11.3 Å². The van der Waals surface area contributed by atoms with E-state index in [1.54, 1.807) is 11.3 Å². The molecular formula is C13H13N3O2S2. The molecule has 0 spiro atoms. The van der Waals surface area contributed by atoms with Crippen molar-refractivity contribution >= 4 is 45.3 Å². The van der Waals surface area contributed by atoms with Gasteiger partial charge in [0.15, 0.2) is 4.34 Å². The number of hydrogen-bond acceptors (Lipinski definition) is 5. The van der Waals surface area contributed by atoms with Crippen molar-refractivity contribution < 1.29 is 9.59 Å². The summed E-state index contributed by atoms with van der Waals surface area (Å²) in [5, 5.41) is 5.03. The number of amides is 3. The fourth-order valence-corrected chi connectivity index (χ4v) is 3.52. The molecule has 7 heteroatoms. The van der Waals surface area contributed by atoms with Crippen LogP contribution in [0.1, 0.15) is 12.8 Å². The summed E-state index contributed by atoms with van der Waals surface area (Å²) in [4.78, 5) is 27.4. The molecule has 3 amide bonds. The van der Waals surface area contributed by atoms with Crippen LogP contribution in [0.5, 0.6) is 0 Å². The van der Waals surface area contributed by atoms with Crippen LogP contribution in [0.2, 0.25) is 0 Å². The van der Waals surface area contributed by atoms with E-state index in [2.05, 4.69) is 15.6 Å². The second-order valence-electron chi connectivity index (χ2n) is 4.53. The molecule has 2 aromatic rings. The van der Waals surface area contributed by atoms with Crippen LogP contribution in [-0.4, -0.2) is 28.7 Å². The van der Waals surface area contributed by atoms with Crippen molar-refractivity contribution in [2.24, 2.45) is 0 Å². The fourth-order valence-electron chi connectivity index (χ4n) is 1.65. The van der Waals surface area contributed by atoms with Gasteiger partial charge in [0.05, 0.1) is 16.0 Å². The molecule has 20 heavy (non-hydrogen) atoms. The highest BCUT2D eigenvalue weighted by Gasteiger charge is 2.23. The quantitative estimate of drug-likeness (QED) is 0.851. The number of thioether (sulfide) groups is 1. The maximum atomic E-state index is 11.6. The summed E-state index contributed by atoms with van der Waals surface area (Å²) in [5.74, 6) is -0.106. The zero-order valence-corrected chi connectivity index (χ0v) is 12.2. The van der Waals surface area contributed by atoms with Crippen molar-refractivity contribution in [1.29, 1.82) is 0 Å². The van der Waals surface area contributed by atoms with Crippen molar-refractivity contribution in [3.05, 3.63) is 24.3 Å². The number of nitrogens with one attached hydrogen (secondary N) is 2. The Bertz CT molecular complexity index is 619. The number of carbonyl (C=O) groups excluding carboxylic acids is 2. The van der Waals surface area contributed by atoms with Crippen molar-refractivity contribution in [2.45, 2.75) is 23.2 Å². The monoisotopic (exact) mass is 307 g/mol. The molecule has 0 aliphatic heterocycles. The first-order valence-corrected chi connectivity index (χ1v) is 8.09. The highest BCUT2D eigenvalue weighted by atomic mass is 32.2. The minimum absolute atomic E-state index is 0.192. The molecule has 0 saturated heterocycles. The standard InChI is InChI=1S/C13H13N3O2S2/c17-11(16-12(18)14-8-5-6-8)7-19-13-15-9-3-1-2-4-10(9)20-13/h1-4,8H,5-7H2,(H2,14,16,17,18). The number of rotatable bonds is 4. The Morgan fingerprint density at radius 1 is 1.35 bits per heavy atom. The topological polar surface area (TPSA) is 71.1 Å². The minimum atomic E-state index is -0.401. The molecule has 1 aliphatic rings. The predicted molar refractivity (Wildman–Crippen MR) is 80.0 cm³/mol. The SMILES string of the molecule is O=C(CSc1nc2ccccc2s1)NC(=O)NC1CC1. The first-order chi connectivity index (χ1) is 9.70. The minimum Gasteiger partial charge on any atom is -0.335 e. The fraction of sp³-hybridized carbons (Fsp3) is 0.308. The van der Waals surface area contributed by atoms with E-state index >= 15 is 0 Å². The average molecular weight is 307 g/mol. The Kier molecular flexibility index (Phi) is 3.88. The van der Waals surface area contributed by atoms with Crippen LogP contribution < -0.4 is 10.6 Å². The molecule has 1 fully saturated rings. The van der Waals surface area contributed by atoms with Crippen LogP contribution in [0.15, 0.2) is 28.6 Å². The first kappa shape index (κ1) is 13.4. The second kappa shape index (κ2) is 5.80. The second-order valence-corrected chi connectivity index (χ2v) is 6.79. The van der Waals surface area contributed by atoms with E-state index in [0.717, 1.165) is 27.4 Å². The molecule has 104 valence electrons. The van der Waals surface area contributed by atoms with Crippen LogP contribution in [0.3, 0.4) is 0 Å². The van der Waals surface area contributed by atoms with Crippen LogP contribution in [0.4, 0.5) is 4.79 Å². The lowest BCUT2D eigenvalue weighted by Gasteiger charge is -2.04. The Balaban J connectivity index is 1.50. The zero-order valence-electron chi connectivity index (χ0n) is 10.6. The number of aromatic nitrogens is 1. The van der Waals surface area contributed by atoms with Gasteiger partial charge in [0.1, 0.15) is 0 Å². The Morgan fingerprint density at radius 3 is 2.90 bits per heavy atom. The van der Waals surface area contributed by atoms with E-state index in [0.29, 0.717) is 0 Å². The van der Waals surface area contributed by atoms with Crippen LogP contribution >= 0.6 is 23.1 Å². The van der Waals surface area contributed by atoms with Gasteiger partial charge in [-0.2, -0.15) is 0 Å². The number of nitrogens with zero attached hydrogens (tertiary/aromatic N) is 1. The van der Waals surface area contributed by atoms with E-state index in [1.165, 1.54) is 11.8 Å². The van der Waals surface area contributed by atoms with Gasteiger partial charge in [-0.3, -0.25) is 10.1 Å². The smallest absolute Gasteiger partial charge is 0.321 e. The lowest BCUT2D eigenvalue weighted by Crippen LogP contribution is -2.41. The summed E-state index contributed by atoms with van der Waals surface area (Å²) < 4.78 is 1.94. The van der Waals surface area contributed by atoms with Gasteiger partial charge in [-0.1, -0.05) is 23.9 Å². The maximum Gasteiger partial charge on any atom is 0.321 e. The number of benzene rings is 1. The Labute approximate surface area is 124 Å². The highest BCUT2D eigenvalue weighted by molar-refractivity contribution is 8.01. The third-order valence-electron chi connectivity index (χ3n) is 2.77. The lowest BCUT2D eigenvalue weighted by molar-refractivity contribution is -0.117. The van der Waals surface area contributed by atoms with Crippen molar-refractivity contribution in [1.82, 2.24) is 15.6 Å². The number of urea groups is 1. The molecule has 0 radical (unpaired) electrons. The molecular weight excluding hydrogens is 294 g/mol. The van der Waals surface area contributed by atoms with Crippen molar-refractivity contribution in [3.8, 4) is 0 Å². The van der Waals surface area contributed by atoms with Crippen LogP contribution in [0, 0.1) is 0 Å². The number of para-hydroxylation sites is 1. The molecule has 1 saturated carbocycles. The molecule has 2 N–H and O–H groups in total. The van der Waals surface area contributed by atoms with E-state index < -0.39 is 6.03 Å². The summed E-state index contributed by atoms with van der Waals surface area (Å²) in [6.45, 7) is 0. The summed E-state index contributed by atoms with van der Waals surface area (Å²) in [6.07, 6.45) is 2.00. The number of imide groups is 1. The number of hydrogen-bond donors (Lipinski definition) is 2. The molecule has 1 aromatic heterocycles. The molecule has 3 rings (SSSR count). The molecule has 1 aliphatic carbocycles. The van der Waals surface area contributed by atoms with Gasteiger partial charge in [0, 0.05) is 6.04 Å². The van der Waals surface area contributed by atoms with Gasteiger partial charge in [0.25, 0.3) is 0 Å². The summed E-state index contributed by atoms with van der Waals surface area (Å²) in [7, 11) is 0. The lowest BCUT2D eigenvalue weighted by atomic mass is 10.3. The van der Waals surface area contributed by atoms with E-state index in [1.807, 2.05) is 24.3 Å². The number of fused-ring (bicyclic) bond motifs is 1. The molecule has 0 unspecified atom stereocenters. The van der Waals surface area contributed by atoms with E-state index in [-0.39, 0.29) is 17.7 Å². The number of thiazole rings is 1. The third kappa shape index (κ3) is 3.49. The number of carbonyl (C=O) groups is 2. The summed E-state index contributed by atoms with van der Waals surface area (Å²) in [6, 6.07) is 7.69. The van der Waals surface area contributed by atoms with Crippen molar-refractivity contribution in [2.75, 3.05) is 5.75 Å². The predicted octanol–water partition coefficient (Wildman–Crippen LogP) is 2.38. The molecule has 1 aromatic carbocycles. The van der Waals surface area contributed by atoms with Crippen LogP contribution in [0.25, 0.3) is 10.2 Å². The normalized spacial score (nSPS) is 14.2. The first-order valence-electron chi connectivity index (χ1n) is 6.29. The maximum absolute atomic E-state index is 11.6. The van der Waals surface area contributed by atoms with Gasteiger partial charge >= 0.3 is 6.03 Å². The largest absolute Gasteiger partial charge is 0.335 e. The highest BCUT2D eigenvalue weighted by Crippen LogP contribution is 2.29. The summed E-state index contributed by atoms with van der Waals surface area (Å²) in [5.41, 5.74) is 0.937. The van der Waals surface area contributed by atoms with Gasteiger partial charge < -0.3 is 5.32 Å². The molecule has 0 atom stereocenters. The summed E-state index contributed by atoms with van der Waals surface area (Å²) >= 11 is 2.90. The average Bonchev–Trinajstić information content (AvgIpc) is 3.12. The molecule has 0 bridgehead atoms. The Morgan fingerprint density at radius 2 is 2.15 bits per heavy atom. The van der Waals surface area contributed by atoms with Crippen LogP contribution in [-0.2, 0) is 4.79 Å². The Hall–Kier alpha value is -1.60. The van der Waals surface area contributed by atoms with Gasteiger partial charge in [-0.25, -0.2) is 9.78 Å². The third-order valence-corrected chi connectivity index (χ3v) is 4.95.